The number of aryl methyl sites for hydroxylation is 1. The molecule has 1 aliphatic rings. The molecule has 1 aromatic carbocycles. The van der Waals surface area contributed by atoms with Gasteiger partial charge in [-0.25, -0.2) is 0 Å². The SMILES string of the molecule is CCc1ccc2occ(C(=O)N3CCC(c4nc(N)n[nH]4)CC3)c2c1. The van der Waals surface area contributed by atoms with Crippen LogP contribution in [0.4, 0.5) is 5.95 Å². The van der Waals surface area contributed by atoms with Crippen LogP contribution in [0.5, 0.6) is 0 Å². The molecule has 7 heteroatoms. The Kier molecular flexibility index (Phi) is 3.91. The van der Waals surface area contributed by atoms with Gasteiger partial charge in [-0.3, -0.25) is 9.89 Å². The number of benzene rings is 1. The second kappa shape index (κ2) is 6.23. The van der Waals surface area contributed by atoms with Crippen molar-refractivity contribution in [2.24, 2.45) is 0 Å². The molecule has 7 nitrogen and oxygen atoms in total. The quantitative estimate of drug-likeness (QED) is 0.764. The van der Waals surface area contributed by atoms with Crippen LogP contribution < -0.4 is 5.73 Å². The van der Waals surface area contributed by atoms with E-state index in [0.717, 1.165) is 36.1 Å². The van der Waals surface area contributed by atoms with E-state index >= 15 is 0 Å². The van der Waals surface area contributed by atoms with Crippen LogP contribution in [0, 0.1) is 0 Å². The fourth-order valence-corrected chi connectivity index (χ4v) is 3.46. The Morgan fingerprint density at radius 2 is 2.20 bits per heavy atom. The van der Waals surface area contributed by atoms with E-state index in [1.165, 1.54) is 5.56 Å². The molecular weight excluding hydrogens is 318 g/mol. The standard InChI is InChI=1S/C18H21N5O2/c1-2-11-3-4-15-13(9-11)14(10-25-15)17(24)23-7-5-12(6-8-23)16-20-18(19)22-21-16/h3-4,9-10,12H,2,5-8H2,1H3,(H3,19,20,21,22). The zero-order chi connectivity index (χ0) is 17.4. The van der Waals surface area contributed by atoms with E-state index in [0.29, 0.717) is 18.7 Å². The lowest BCUT2D eigenvalue weighted by Gasteiger charge is -2.30. The molecule has 0 saturated carbocycles. The van der Waals surface area contributed by atoms with Gasteiger partial charge >= 0.3 is 0 Å². The zero-order valence-electron chi connectivity index (χ0n) is 14.2. The molecule has 1 fully saturated rings. The summed E-state index contributed by atoms with van der Waals surface area (Å²) >= 11 is 0. The van der Waals surface area contributed by atoms with Crippen LogP contribution in [0.1, 0.15) is 47.4 Å². The number of H-pyrrole nitrogens is 1. The van der Waals surface area contributed by atoms with E-state index < -0.39 is 0 Å². The largest absolute Gasteiger partial charge is 0.463 e. The highest BCUT2D eigenvalue weighted by atomic mass is 16.3. The lowest BCUT2D eigenvalue weighted by Crippen LogP contribution is -2.38. The highest BCUT2D eigenvalue weighted by molar-refractivity contribution is 6.06. The minimum Gasteiger partial charge on any atom is -0.463 e. The molecule has 0 radical (unpaired) electrons. The van der Waals surface area contributed by atoms with Gasteiger partial charge in [-0.1, -0.05) is 13.0 Å². The van der Waals surface area contributed by atoms with Crippen LogP contribution >= 0.6 is 0 Å². The Hall–Kier alpha value is -2.83. The Balaban J connectivity index is 1.51. The van der Waals surface area contributed by atoms with Gasteiger partial charge in [0.05, 0.1) is 5.56 Å². The number of anilines is 1. The number of aromatic nitrogens is 3. The van der Waals surface area contributed by atoms with Crippen molar-refractivity contribution < 1.29 is 9.21 Å². The minimum absolute atomic E-state index is 0.0301. The first-order chi connectivity index (χ1) is 12.2. The summed E-state index contributed by atoms with van der Waals surface area (Å²) in [5, 5.41) is 7.66. The highest BCUT2D eigenvalue weighted by Gasteiger charge is 2.28. The number of carbonyl (C=O) groups excluding carboxylic acids is 1. The van der Waals surface area contributed by atoms with Gasteiger partial charge < -0.3 is 15.1 Å². The van der Waals surface area contributed by atoms with Gasteiger partial charge in [0.25, 0.3) is 5.91 Å². The van der Waals surface area contributed by atoms with E-state index in [-0.39, 0.29) is 17.8 Å². The summed E-state index contributed by atoms with van der Waals surface area (Å²) in [6, 6.07) is 6.02. The van der Waals surface area contributed by atoms with Crippen molar-refractivity contribution in [3.05, 3.63) is 41.4 Å². The number of nitrogen functional groups attached to an aromatic ring is 1. The maximum absolute atomic E-state index is 12.9. The van der Waals surface area contributed by atoms with Gasteiger partial charge in [-0.2, -0.15) is 4.98 Å². The summed E-state index contributed by atoms with van der Waals surface area (Å²) in [6.45, 7) is 3.47. The first kappa shape index (κ1) is 15.7. The number of hydrogen-bond acceptors (Lipinski definition) is 5. The normalized spacial score (nSPS) is 15.8. The number of carbonyl (C=O) groups is 1. The third-order valence-electron chi connectivity index (χ3n) is 4.97. The van der Waals surface area contributed by atoms with E-state index in [4.69, 9.17) is 10.2 Å². The number of likely N-dealkylation sites (tertiary alicyclic amines) is 1. The molecule has 1 amide bonds. The molecule has 3 N–H and O–H groups in total. The maximum atomic E-state index is 12.9. The number of aromatic amines is 1. The van der Waals surface area contributed by atoms with Gasteiger partial charge in [-0.05, 0) is 37.0 Å². The van der Waals surface area contributed by atoms with E-state index in [9.17, 15) is 4.79 Å². The van der Waals surface area contributed by atoms with E-state index in [1.807, 2.05) is 17.0 Å². The fourth-order valence-electron chi connectivity index (χ4n) is 3.46. The molecule has 25 heavy (non-hydrogen) atoms. The number of fused-ring (bicyclic) bond motifs is 1. The molecule has 0 atom stereocenters. The molecule has 0 spiro atoms. The number of nitrogens with two attached hydrogens (primary N) is 1. The summed E-state index contributed by atoms with van der Waals surface area (Å²) in [6.07, 6.45) is 4.20. The molecule has 130 valence electrons. The second-order valence-corrected chi connectivity index (χ2v) is 6.48. The van der Waals surface area contributed by atoms with E-state index in [1.54, 1.807) is 6.26 Å². The molecule has 3 heterocycles. The number of furan rings is 1. The average molecular weight is 339 g/mol. The number of rotatable bonds is 3. The molecule has 0 unspecified atom stereocenters. The Labute approximate surface area is 145 Å². The summed E-state index contributed by atoms with van der Waals surface area (Å²) in [5.74, 6) is 1.38. The van der Waals surface area contributed by atoms with Crippen LogP contribution in [-0.2, 0) is 6.42 Å². The summed E-state index contributed by atoms with van der Waals surface area (Å²) < 4.78 is 5.57. The van der Waals surface area contributed by atoms with E-state index in [2.05, 4.69) is 28.2 Å². The molecule has 4 rings (SSSR count). The van der Waals surface area contributed by atoms with Crippen molar-refractivity contribution in [3.63, 3.8) is 0 Å². The lowest BCUT2D eigenvalue weighted by molar-refractivity contribution is 0.0712. The van der Waals surface area contributed by atoms with Gasteiger partial charge in [0.15, 0.2) is 0 Å². The van der Waals surface area contributed by atoms with Crippen LogP contribution in [0.15, 0.2) is 28.9 Å². The van der Waals surface area contributed by atoms with Crippen LogP contribution in [-0.4, -0.2) is 39.1 Å². The Bertz CT molecular complexity index is 905. The smallest absolute Gasteiger partial charge is 0.257 e. The van der Waals surface area contributed by atoms with Gasteiger partial charge in [0.1, 0.15) is 17.7 Å². The predicted octanol–water partition coefficient (Wildman–Crippen LogP) is 2.72. The first-order valence-corrected chi connectivity index (χ1v) is 8.63. The van der Waals surface area contributed by atoms with Gasteiger partial charge in [0, 0.05) is 24.4 Å². The van der Waals surface area contributed by atoms with Crippen LogP contribution in [0.25, 0.3) is 11.0 Å². The van der Waals surface area contributed by atoms with Crippen molar-refractivity contribution in [2.75, 3.05) is 18.8 Å². The lowest BCUT2D eigenvalue weighted by atomic mass is 9.95. The van der Waals surface area contributed by atoms with Crippen molar-refractivity contribution in [1.82, 2.24) is 20.1 Å². The molecule has 0 bridgehead atoms. The highest BCUT2D eigenvalue weighted by Crippen LogP contribution is 2.29. The number of amides is 1. The molecule has 3 aromatic rings. The van der Waals surface area contributed by atoms with Crippen LogP contribution in [0.3, 0.4) is 0 Å². The molecule has 0 aliphatic carbocycles. The Morgan fingerprint density at radius 1 is 1.40 bits per heavy atom. The third kappa shape index (κ3) is 2.86. The van der Waals surface area contributed by atoms with Crippen molar-refractivity contribution in [1.29, 1.82) is 0 Å². The van der Waals surface area contributed by atoms with Crippen molar-refractivity contribution in [2.45, 2.75) is 32.1 Å². The number of piperidine rings is 1. The fraction of sp³-hybridized carbons (Fsp3) is 0.389. The minimum atomic E-state index is 0.0301. The first-order valence-electron chi connectivity index (χ1n) is 8.63. The monoisotopic (exact) mass is 339 g/mol. The average Bonchev–Trinajstić information content (AvgIpc) is 3.27. The third-order valence-corrected chi connectivity index (χ3v) is 4.97. The van der Waals surface area contributed by atoms with Gasteiger partial charge in [-0.15, -0.1) is 5.10 Å². The number of nitrogens with zero attached hydrogens (tertiary/aromatic N) is 3. The summed E-state index contributed by atoms with van der Waals surface area (Å²) in [4.78, 5) is 19.0. The van der Waals surface area contributed by atoms with Crippen molar-refractivity contribution in [3.8, 4) is 0 Å². The molecular formula is C18H21N5O2. The maximum Gasteiger partial charge on any atom is 0.257 e. The van der Waals surface area contributed by atoms with Gasteiger partial charge in [0.2, 0.25) is 5.95 Å². The topological polar surface area (TPSA) is 101 Å². The molecule has 2 aromatic heterocycles. The molecule has 1 aliphatic heterocycles. The summed E-state index contributed by atoms with van der Waals surface area (Å²) in [7, 11) is 0. The van der Waals surface area contributed by atoms with Crippen LogP contribution in [0.2, 0.25) is 0 Å². The zero-order valence-corrected chi connectivity index (χ0v) is 14.2. The van der Waals surface area contributed by atoms with Crippen molar-refractivity contribution >= 4 is 22.8 Å². The molecule has 1 saturated heterocycles. The predicted molar refractivity (Wildman–Crippen MR) is 94.3 cm³/mol. The number of hydrogen-bond donors (Lipinski definition) is 2. The summed E-state index contributed by atoms with van der Waals surface area (Å²) in [5.41, 5.74) is 8.17. The number of nitrogens with one attached hydrogen (secondary N) is 1. The second-order valence-electron chi connectivity index (χ2n) is 6.48. The Morgan fingerprint density at radius 3 is 2.88 bits per heavy atom.